The van der Waals surface area contributed by atoms with Crippen LogP contribution in [-0.2, 0) is 0 Å². The summed E-state index contributed by atoms with van der Waals surface area (Å²) in [5, 5.41) is 0.666. The van der Waals surface area contributed by atoms with Gasteiger partial charge < -0.3 is 4.74 Å². The van der Waals surface area contributed by atoms with Crippen LogP contribution < -0.4 is 4.74 Å². The van der Waals surface area contributed by atoms with E-state index in [0.717, 1.165) is 22.6 Å². The number of benzene rings is 2. The van der Waals surface area contributed by atoms with Crippen LogP contribution in [0.15, 0.2) is 79.0 Å². The molecule has 0 N–H and O–H groups in total. The number of halogens is 1. The topological polar surface area (TPSA) is 43.6 Å². The van der Waals surface area contributed by atoms with Gasteiger partial charge in [0.2, 0.25) is 0 Å². The molecule has 0 radical (unpaired) electrons. The summed E-state index contributed by atoms with van der Waals surface area (Å²) < 4.78 is 7.10. The minimum absolute atomic E-state index is 0.0874. The number of ether oxygens (including phenoxy) is 1. The smallest absolute Gasteiger partial charge is 0.185 e. The fraction of sp³-hybridized carbons (Fsp3) is 0.0435. The van der Waals surface area contributed by atoms with Crippen molar-refractivity contribution in [3.63, 3.8) is 0 Å². The van der Waals surface area contributed by atoms with Crippen molar-refractivity contribution in [3.05, 3.63) is 95.3 Å². The first-order valence-corrected chi connectivity index (χ1v) is 9.13. The summed E-state index contributed by atoms with van der Waals surface area (Å²) in [7, 11) is 1.60. The average molecular weight is 389 g/mol. The third-order valence-electron chi connectivity index (χ3n) is 4.45. The number of hydrogen-bond donors (Lipinski definition) is 0. The Morgan fingerprint density at radius 3 is 2.50 bits per heavy atom. The standard InChI is InChI=1S/C23H17ClN2O2/c1-28-19-11-7-16(8-12-19)21(27)14-13-20-23(17-5-9-18(24)10-6-17)25-22-4-2-3-15-26(20)22/h2-15H,1H3/b14-13+. The van der Waals surface area contributed by atoms with E-state index in [0.29, 0.717) is 16.3 Å². The van der Waals surface area contributed by atoms with Gasteiger partial charge in [-0.05, 0) is 60.7 Å². The number of methoxy groups -OCH3 is 1. The highest BCUT2D eigenvalue weighted by atomic mass is 35.5. The van der Waals surface area contributed by atoms with Gasteiger partial charge in [-0.3, -0.25) is 9.20 Å². The summed E-state index contributed by atoms with van der Waals surface area (Å²) in [5.74, 6) is 0.628. The van der Waals surface area contributed by atoms with Gasteiger partial charge in [0.05, 0.1) is 18.5 Å². The van der Waals surface area contributed by atoms with E-state index >= 15 is 0 Å². The molecule has 4 nitrogen and oxygen atoms in total. The summed E-state index contributed by atoms with van der Waals surface area (Å²) >= 11 is 6.02. The molecule has 0 aliphatic rings. The van der Waals surface area contributed by atoms with E-state index in [-0.39, 0.29) is 5.78 Å². The Bertz CT molecular complexity index is 1160. The molecule has 0 unspecified atom stereocenters. The highest BCUT2D eigenvalue weighted by molar-refractivity contribution is 6.30. The first-order valence-electron chi connectivity index (χ1n) is 8.75. The zero-order chi connectivity index (χ0) is 19.5. The number of fused-ring (bicyclic) bond motifs is 1. The number of aromatic nitrogens is 2. The molecular formula is C23H17ClN2O2. The van der Waals surface area contributed by atoms with Crippen LogP contribution in [0.3, 0.4) is 0 Å². The predicted octanol–water partition coefficient (Wildman–Crippen LogP) is 5.56. The van der Waals surface area contributed by atoms with E-state index in [1.54, 1.807) is 43.5 Å². The van der Waals surface area contributed by atoms with Crippen LogP contribution in [0.1, 0.15) is 16.1 Å². The number of carbonyl (C=O) groups excluding carboxylic acids is 1. The molecule has 0 bridgehead atoms. The van der Waals surface area contributed by atoms with Crippen LogP contribution in [0.5, 0.6) is 5.75 Å². The Morgan fingerprint density at radius 2 is 1.79 bits per heavy atom. The molecule has 0 fully saturated rings. The van der Waals surface area contributed by atoms with Crippen molar-refractivity contribution >= 4 is 29.1 Å². The molecular weight excluding hydrogens is 372 g/mol. The van der Waals surface area contributed by atoms with Gasteiger partial charge in [-0.1, -0.05) is 29.8 Å². The van der Waals surface area contributed by atoms with Crippen LogP contribution in [0.2, 0.25) is 5.02 Å². The van der Waals surface area contributed by atoms with Gasteiger partial charge in [0, 0.05) is 22.3 Å². The van der Waals surface area contributed by atoms with Crippen molar-refractivity contribution in [2.24, 2.45) is 0 Å². The van der Waals surface area contributed by atoms with Crippen molar-refractivity contribution < 1.29 is 9.53 Å². The molecule has 0 aliphatic carbocycles. The predicted molar refractivity (Wildman–Crippen MR) is 112 cm³/mol. The minimum Gasteiger partial charge on any atom is -0.497 e. The molecule has 0 amide bonds. The van der Waals surface area contributed by atoms with Crippen LogP contribution in [0.25, 0.3) is 23.0 Å². The van der Waals surface area contributed by atoms with Crippen LogP contribution in [-0.4, -0.2) is 22.3 Å². The monoisotopic (exact) mass is 388 g/mol. The van der Waals surface area contributed by atoms with Crippen molar-refractivity contribution in [2.45, 2.75) is 0 Å². The Kier molecular flexibility index (Phi) is 4.96. The second-order valence-electron chi connectivity index (χ2n) is 6.21. The molecule has 2 aromatic heterocycles. The SMILES string of the molecule is COc1ccc(C(=O)/C=C/c2c(-c3ccc(Cl)cc3)nc3ccccn23)cc1. The lowest BCUT2D eigenvalue weighted by molar-refractivity contribution is 0.104. The Morgan fingerprint density at radius 1 is 1.04 bits per heavy atom. The molecule has 2 aromatic carbocycles. The first-order chi connectivity index (χ1) is 13.7. The molecule has 4 aromatic rings. The molecule has 0 atom stereocenters. The Balaban J connectivity index is 1.74. The average Bonchev–Trinajstić information content (AvgIpc) is 3.11. The Labute approximate surface area is 167 Å². The third kappa shape index (κ3) is 3.55. The van der Waals surface area contributed by atoms with Crippen molar-refractivity contribution in [3.8, 4) is 17.0 Å². The summed E-state index contributed by atoms with van der Waals surface area (Å²) in [6, 6.07) is 20.4. The lowest BCUT2D eigenvalue weighted by Gasteiger charge is -2.02. The van der Waals surface area contributed by atoms with Crippen LogP contribution in [0, 0.1) is 0 Å². The van der Waals surface area contributed by atoms with E-state index in [4.69, 9.17) is 21.3 Å². The molecule has 0 spiro atoms. The van der Waals surface area contributed by atoms with E-state index in [9.17, 15) is 4.79 Å². The number of imidazole rings is 1. The fourth-order valence-electron chi connectivity index (χ4n) is 3.00. The number of nitrogens with zero attached hydrogens (tertiary/aromatic N) is 2. The molecule has 0 aliphatic heterocycles. The highest BCUT2D eigenvalue weighted by Gasteiger charge is 2.12. The third-order valence-corrected chi connectivity index (χ3v) is 4.70. The normalized spacial score (nSPS) is 11.2. The van der Waals surface area contributed by atoms with Gasteiger partial charge in [-0.25, -0.2) is 4.98 Å². The zero-order valence-electron chi connectivity index (χ0n) is 15.2. The Hall–Kier alpha value is -3.37. The van der Waals surface area contributed by atoms with Gasteiger partial charge >= 0.3 is 0 Å². The number of carbonyl (C=O) groups is 1. The molecule has 138 valence electrons. The van der Waals surface area contributed by atoms with E-state index < -0.39 is 0 Å². The van der Waals surface area contributed by atoms with Gasteiger partial charge in [0.15, 0.2) is 5.78 Å². The quantitative estimate of drug-likeness (QED) is 0.332. The van der Waals surface area contributed by atoms with Crippen molar-refractivity contribution in [1.29, 1.82) is 0 Å². The van der Waals surface area contributed by atoms with Crippen LogP contribution in [0.4, 0.5) is 0 Å². The van der Waals surface area contributed by atoms with Crippen LogP contribution >= 0.6 is 11.6 Å². The van der Waals surface area contributed by atoms with E-state index in [1.165, 1.54) is 0 Å². The lowest BCUT2D eigenvalue weighted by atomic mass is 10.1. The van der Waals surface area contributed by atoms with Crippen molar-refractivity contribution in [2.75, 3.05) is 7.11 Å². The molecule has 5 heteroatoms. The van der Waals surface area contributed by atoms with Gasteiger partial charge in [-0.15, -0.1) is 0 Å². The second-order valence-corrected chi connectivity index (χ2v) is 6.64. The van der Waals surface area contributed by atoms with Gasteiger partial charge in [0.25, 0.3) is 0 Å². The molecule has 28 heavy (non-hydrogen) atoms. The number of allylic oxidation sites excluding steroid dienone is 1. The van der Waals surface area contributed by atoms with E-state index in [2.05, 4.69) is 0 Å². The number of ketones is 1. The molecule has 0 saturated carbocycles. The van der Waals surface area contributed by atoms with Gasteiger partial charge in [-0.2, -0.15) is 0 Å². The van der Waals surface area contributed by atoms with Crippen molar-refractivity contribution in [1.82, 2.24) is 9.38 Å². The summed E-state index contributed by atoms with van der Waals surface area (Å²) in [6.45, 7) is 0. The maximum Gasteiger partial charge on any atom is 0.185 e. The lowest BCUT2D eigenvalue weighted by Crippen LogP contribution is -1.95. The number of pyridine rings is 1. The second kappa shape index (κ2) is 7.71. The summed E-state index contributed by atoms with van der Waals surface area (Å²) in [4.78, 5) is 17.3. The molecule has 2 heterocycles. The fourth-order valence-corrected chi connectivity index (χ4v) is 3.13. The maximum atomic E-state index is 12.6. The van der Waals surface area contributed by atoms with E-state index in [1.807, 2.05) is 53.1 Å². The zero-order valence-corrected chi connectivity index (χ0v) is 15.9. The highest BCUT2D eigenvalue weighted by Crippen LogP contribution is 2.27. The minimum atomic E-state index is -0.0874. The largest absolute Gasteiger partial charge is 0.497 e. The first kappa shape index (κ1) is 18.0. The molecule has 0 saturated heterocycles. The maximum absolute atomic E-state index is 12.6. The summed E-state index contributed by atoms with van der Waals surface area (Å²) in [5.41, 5.74) is 3.97. The molecule has 4 rings (SSSR count). The summed E-state index contributed by atoms with van der Waals surface area (Å²) in [6.07, 6.45) is 5.30. The number of hydrogen-bond acceptors (Lipinski definition) is 3. The number of rotatable bonds is 5. The van der Waals surface area contributed by atoms with Gasteiger partial charge in [0.1, 0.15) is 11.4 Å².